The number of rotatable bonds is 3. The van der Waals surface area contributed by atoms with Crippen molar-refractivity contribution >= 4 is 5.91 Å². The van der Waals surface area contributed by atoms with Crippen LogP contribution in [0.15, 0.2) is 24.4 Å². The van der Waals surface area contributed by atoms with Crippen molar-refractivity contribution in [2.24, 2.45) is 0 Å². The van der Waals surface area contributed by atoms with E-state index in [2.05, 4.69) is 16.1 Å². The fraction of sp³-hybridized carbons (Fsp3) is 0.474. The number of hydrogen-bond donors (Lipinski definition) is 0. The molecular weight excluding hydrogens is 348 g/mol. The Bertz CT molecular complexity index is 857. The summed E-state index contributed by atoms with van der Waals surface area (Å²) in [6.07, 6.45) is 2.57. The number of hydrogen-bond acceptors (Lipinski definition) is 6. The first-order valence-electron chi connectivity index (χ1n) is 9.37. The second-order valence-corrected chi connectivity index (χ2v) is 7.04. The first-order valence-corrected chi connectivity index (χ1v) is 9.37. The van der Waals surface area contributed by atoms with Gasteiger partial charge in [0, 0.05) is 45.7 Å². The monoisotopic (exact) mass is 370 g/mol. The van der Waals surface area contributed by atoms with Crippen LogP contribution >= 0.6 is 0 Å². The van der Waals surface area contributed by atoms with E-state index in [-0.39, 0.29) is 5.91 Å². The molecule has 3 aliphatic heterocycles. The third-order valence-electron chi connectivity index (χ3n) is 5.28. The van der Waals surface area contributed by atoms with Gasteiger partial charge in [-0.25, -0.2) is 4.68 Å². The molecule has 0 bridgehead atoms. The van der Waals surface area contributed by atoms with Gasteiger partial charge in [-0.2, -0.15) is 5.10 Å². The lowest BCUT2D eigenvalue weighted by Crippen LogP contribution is -2.48. The van der Waals surface area contributed by atoms with E-state index in [9.17, 15) is 4.79 Å². The summed E-state index contributed by atoms with van der Waals surface area (Å²) in [7, 11) is 0. The Kier molecular flexibility index (Phi) is 4.12. The number of carbonyl (C=O) groups is 1. The minimum Gasteiger partial charge on any atom is -0.477 e. The van der Waals surface area contributed by atoms with E-state index in [1.807, 2.05) is 17.0 Å². The zero-order valence-electron chi connectivity index (χ0n) is 15.1. The summed E-state index contributed by atoms with van der Waals surface area (Å²) in [5.74, 6) is 2.25. The van der Waals surface area contributed by atoms with Crippen LogP contribution in [0.3, 0.4) is 0 Å². The predicted molar refractivity (Wildman–Crippen MR) is 96.1 cm³/mol. The maximum Gasteiger partial charge on any atom is 0.261 e. The van der Waals surface area contributed by atoms with Gasteiger partial charge >= 0.3 is 0 Å². The third kappa shape index (κ3) is 3.10. The predicted octanol–water partition coefficient (Wildman–Crippen LogP) is 1.35. The summed E-state index contributed by atoms with van der Waals surface area (Å²) >= 11 is 0. The Morgan fingerprint density at radius 3 is 2.78 bits per heavy atom. The second-order valence-electron chi connectivity index (χ2n) is 7.04. The molecule has 0 saturated carbocycles. The Labute approximate surface area is 157 Å². The highest BCUT2D eigenvalue weighted by Gasteiger charge is 2.28. The first-order chi connectivity index (χ1) is 13.3. The Balaban J connectivity index is 1.20. The van der Waals surface area contributed by atoms with Crippen LogP contribution in [0.4, 0.5) is 0 Å². The van der Waals surface area contributed by atoms with Crippen LogP contribution in [-0.4, -0.2) is 65.1 Å². The lowest BCUT2D eigenvalue weighted by molar-refractivity contribution is 0.0622. The number of nitrogens with zero attached hydrogens (tertiary/aromatic N) is 4. The summed E-state index contributed by atoms with van der Waals surface area (Å²) in [6, 6.07) is 6.07. The maximum atomic E-state index is 12.9. The average Bonchev–Trinajstić information content (AvgIpc) is 3.34. The number of aromatic nitrogens is 2. The van der Waals surface area contributed by atoms with Gasteiger partial charge in [0.05, 0.1) is 12.8 Å². The topological polar surface area (TPSA) is 69.1 Å². The molecule has 2 aromatic rings. The summed E-state index contributed by atoms with van der Waals surface area (Å²) in [5, 5.41) is 4.28. The highest BCUT2D eigenvalue weighted by molar-refractivity contribution is 5.96. The molecule has 0 aliphatic carbocycles. The molecule has 1 saturated heterocycles. The molecule has 8 nitrogen and oxygen atoms in total. The number of fused-ring (bicyclic) bond motifs is 2. The fourth-order valence-electron chi connectivity index (χ4n) is 3.79. The number of benzene rings is 1. The van der Waals surface area contributed by atoms with Gasteiger partial charge in [-0.05, 0) is 17.7 Å². The molecule has 0 atom stereocenters. The van der Waals surface area contributed by atoms with Crippen molar-refractivity contribution < 1.29 is 19.0 Å². The van der Waals surface area contributed by atoms with E-state index < -0.39 is 0 Å². The van der Waals surface area contributed by atoms with Gasteiger partial charge in [0.15, 0.2) is 11.5 Å². The van der Waals surface area contributed by atoms with Crippen molar-refractivity contribution in [3.8, 4) is 17.4 Å². The van der Waals surface area contributed by atoms with Gasteiger partial charge < -0.3 is 19.1 Å². The molecule has 142 valence electrons. The molecular formula is C19H22N4O4. The Morgan fingerprint density at radius 2 is 1.89 bits per heavy atom. The molecule has 0 radical (unpaired) electrons. The zero-order valence-corrected chi connectivity index (χ0v) is 15.1. The van der Waals surface area contributed by atoms with Gasteiger partial charge in [-0.3, -0.25) is 9.69 Å². The summed E-state index contributed by atoms with van der Waals surface area (Å²) in [5.41, 5.74) is 1.78. The van der Waals surface area contributed by atoms with Gasteiger partial charge in [-0.1, -0.05) is 6.07 Å². The first kappa shape index (κ1) is 16.4. The number of ether oxygens (including phenoxy) is 3. The molecule has 27 heavy (non-hydrogen) atoms. The zero-order chi connectivity index (χ0) is 18.2. The van der Waals surface area contributed by atoms with Gasteiger partial charge in [0.2, 0.25) is 12.7 Å². The highest BCUT2D eigenvalue weighted by Crippen LogP contribution is 2.33. The molecule has 0 spiro atoms. The maximum absolute atomic E-state index is 12.9. The summed E-state index contributed by atoms with van der Waals surface area (Å²) in [4.78, 5) is 17.1. The van der Waals surface area contributed by atoms with Gasteiger partial charge in [0.25, 0.3) is 5.91 Å². The van der Waals surface area contributed by atoms with Crippen molar-refractivity contribution in [1.82, 2.24) is 19.6 Å². The van der Waals surface area contributed by atoms with Crippen LogP contribution in [0.25, 0.3) is 0 Å². The molecule has 1 aromatic heterocycles. The van der Waals surface area contributed by atoms with E-state index >= 15 is 0 Å². The quantitative estimate of drug-likeness (QED) is 0.813. The Morgan fingerprint density at radius 1 is 1.04 bits per heavy atom. The lowest BCUT2D eigenvalue weighted by Gasteiger charge is -2.34. The summed E-state index contributed by atoms with van der Waals surface area (Å²) in [6.45, 7) is 5.67. The fourth-order valence-corrected chi connectivity index (χ4v) is 3.79. The molecule has 1 fully saturated rings. The summed E-state index contributed by atoms with van der Waals surface area (Å²) < 4.78 is 18.3. The molecule has 3 aliphatic rings. The van der Waals surface area contributed by atoms with Crippen LogP contribution < -0.4 is 14.2 Å². The van der Waals surface area contributed by atoms with Crippen LogP contribution in [0.5, 0.6) is 17.4 Å². The Hall–Kier alpha value is -2.74. The normalized spacial score (nSPS) is 18.9. The van der Waals surface area contributed by atoms with Crippen molar-refractivity contribution in [3.05, 3.63) is 35.5 Å². The highest BCUT2D eigenvalue weighted by atomic mass is 16.7. The number of carbonyl (C=O) groups excluding carboxylic acids is 1. The van der Waals surface area contributed by atoms with E-state index in [4.69, 9.17) is 14.2 Å². The molecule has 4 heterocycles. The minimum absolute atomic E-state index is 0.0147. The van der Waals surface area contributed by atoms with Gasteiger partial charge in [0.1, 0.15) is 5.56 Å². The smallest absolute Gasteiger partial charge is 0.261 e. The second kappa shape index (κ2) is 6.77. The molecule has 0 N–H and O–H groups in total. The van der Waals surface area contributed by atoms with E-state index in [0.29, 0.717) is 37.9 Å². The molecule has 5 rings (SSSR count). The van der Waals surface area contributed by atoms with Crippen molar-refractivity contribution in [2.75, 3.05) is 39.6 Å². The average molecular weight is 370 g/mol. The number of amides is 1. The standard InChI is InChI=1S/C19H22N4O4/c24-18(15-11-20-23-4-1-9-25-19(15)23)22-7-5-21(6-8-22)12-14-2-3-16-17(10-14)27-13-26-16/h2-3,10-11H,1,4-9,12-13H2. The molecule has 8 heteroatoms. The van der Waals surface area contributed by atoms with E-state index in [1.165, 1.54) is 5.56 Å². The molecule has 1 aromatic carbocycles. The van der Waals surface area contributed by atoms with E-state index in [1.54, 1.807) is 10.9 Å². The van der Waals surface area contributed by atoms with Crippen molar-refractivity contribution in [2.45, 2.75) is 19.5 Å². The van der Waals surface area contributed by atoms with Crippen LogP contribution in [0.2, 0.25) is 0 Å². The van der Waals surface area contributed by atoms with Gasteiger partial charge in [-0.15, -0.1) is 0 Å². The SMILES string of the molecule is O=C(c1cnn2c1OCCC2)N1CCN(Cc2ccc3c(c2)OCO3)CC1. The van der Waals surface area contributed by atoms with Crippen LogP contribution in [-0.2, 0) is 13.1 Å². The lowest BCUT2D eigenvalue weighted by atomic mass is 10.1. The third-order valence-corrected chi connectivity index (χ3v) is 5.28. The molecule has 0 unspecified atom stereocenters. The minimum atomic E-state index is 0.0147. The van der Waals surface area contributed by atoms with Crippen molar-refractivity contribution in [3.63, 3.8) is 0 Å². The van der Waals surface area contributed by atoms with Crippen LogP contribution in [0, 0.1) is 0 Å². The number of aryl methyl sites for hydroxylation is 1. The van der Waals surface area contributed by atoms with E-state index in [0.717, 1.165) is 44.1 Å². The largest absolute Gasteiger partial charge is 0.477 e. The molecule has 1 amide bonds. The van der Waals surface area contributed by atoms with Crippen molar-refractivity contribution in [1.29, 1.82) is 0 Å². The van der Waals surface area contributed by atoms with Crippen LogP contribution in [0.1, 0.15) is 22.3 Å². The number of piperazine rings is 1.